The van der Waals surface area contributed by atoms with E-state index in [1.165, 1.54) is 0 Å². The third-order valence-electron chi connectivity index (χ3n) is 5.02. The first kappa shape index (κ1) is 19.6. The zero-order chi connectivity index (χ0) is 15.5. The van der Waals surface area contributed by atoms with Crippen LogP contribution >= 0.6 is 12.4 Å². The van der Waals surface area contributed by atoms with Crippen molar-refractivity contribution in [1.82, 2.24) is 10.6 Å². The van der Waals surface area contributed by atoms with Crippen molar-refractivity contribution >= 4 is 18.3 Å². The molecule has 1 aliphatic heterocycles. The van der Waals surface area contributed by atoms with Crippen LogP contribution in [-0.4, -0.2) is 31.7 Å². The summed E-state index contributed by atoms with van der Waals surface area (Å²) in [6.45, 7) is 4.38. The minimum Gasteiger partial charge on any atom is -0.355 e. The third-order valence-corrected chi connectivity index (χ3v) is 5.02. The van der Waals surface area contributed by atoms with Crippen molar-refractivity contribution in [1.29, 1.82) is 0 Å². The number of hydrogen-bond donors (Lipinski definition) is 2. The highest BCUT2D eigenvalue weighted by Crippen LogP contribution is 2.41. The summed E-state index contributed by atoms with van der Waals surface area (Å²) in [7, 11) is 0. The van der Waals surface area contributed by atoms with Crippen LogP contribution in [0.4, 0.5) is 13.2 Å². The molecule has 2 fully saturated rings. The van der Waals surface area contributed by atoms with E-state index >= 15 is 0 Å². The Kier molecular flexibility index (Phi) is 6.99. The number of carbonyl (C=O) groups excluding carboxylic acids is 1. The Morgan fingerprint density at radius 2 is 1.82 bits per heavy atom. The molecule has 0 aromatic heterocycles. The molecule has 22 heavy (non-hydrogen) atoms. The van der Waals surface area contributed by atoms with Crippen molar-refractivity contribution in [2.24, 2.45) is 17.3 Å². The number of amides is 1. The maximum absolute atomic E-state index is 13.0. The van der Waals surface area contributed by atoms with Gasteiger partial charge in [0.2, 0.25) is 5.91 Å². The Bertz CT molecular complexity index is 370. The van der Waals surface area contributed by atoms with Gasteiger partial charge < -0.3 is 10.6 Å². The molecule has 0 aromatic rings. The Morgan fingerprint density at radius 3 is 2.41 bits per heavy atom. The molecule has 2 N–H and O–H groups in total. The van der Waals surface area contributed by atoms with Gasteiger partial charge in [0, 0.05) is 12.5 Å². The standard InChI is InChI=1S/C15H25F3N2O.ClH/c1-14(6-8-19-9-7-14)10-20-13(21)11-4-2-3-5-12(11)15(16,17)18;/h11-12,19H,2-10H2,1H3,(H,20,21);1H. The van der Waals surface area contributed by atoms with E-state index in [1.807, 2.05) is 0 Å². The predicted molar refractivity (Wildman–Crippen MR) is 82.0 cm³/mol. The number of hydrogen-bond acceptors (Lipinski definition) is 2. The first-order valence-electron chi connectivity index (χ1n) is 7.87. The Morgan fingerprint density at radius 1 is 1.23 bits per heavy atom. The fourth-order valence-electron chi connectivity index (χ4n) is 3.48. The number of halogens is 4. The molecule has 0 spiro atoms. The molecule has 0 bridgehead atoms. The van der Waals surface area contributed by atoms with Gasteiger partial charge in [-0.2, -0.15) is 13.2 Å². The molecule has 2 unspecified atom stereocenters. The maximum atomic E-state index is 13.0. The average molecular weight is 343 g/mol. The summed E-state index contributed by atoms with van der Waals surface area (Å²) in [4.78, 5) is 12.2. The van der Waals surface area contributed by atoms with E-state index in [0.717, 1.165) is 25.9 Å². The summed E-state index contributed by atoms with van der Waals surface area (Å²) in [6, 6.07) is 0. The Hall–Kier alpha value is -0.490. The monoisotopic (exact) mass is 342 g/mol. The predicted octanol–water partition coefficient (Wildman–Crippen LogP) is 3.28. The lowest BCUT2D eigenvalue weighted by Crippen LogP contribution is -2.47. The van der Waals surface area contributed by atoms with Gasteiger partial charge in [0.15, 0.2) is 0 Å². The number of carbonyl (C=O) groups is 1. The highest BCUT2D eigenvalue weighted by atomic mass is 35.5. The fraction of sp³-hybridized carbons (Fsp3) is 0.933. The average Bonchev–Trinajstić information content (AvgIpc) is 2.45. The molecule has 2 atom stereocenters. The van der Waals surface area contributed by atoms with Crippen LogP contribution in [0.25, 0.3) is 0 Å². The second-order valence-corrected chi connectivity index (χ2v) is 6.82. The molecule has 3 nitrogen and oxygen atoms in total. The fourth-order valence-corrected chi connectivity index (χ4v) is 3.48. The highest BCUT2D eigenvalue weighted by Gasteiger charge is 2.48. The van der Waals surface area contributed by atoms with Crippen LogP contribution in [-0.2, 0) is 4.79 Å². The summed E-state index contributed by atoms with van der Waals surface area (Å²) in [5.74, 6) is -2.77. The summed E-state index contributed by atoms with van der Waals surface area (Å²) in [6.07, 6.45) is -0.650. The zero-order valence-corrected chi connectivity index (χ0v) is 13.8. The molecule has 1 saturated heterocycles. The molecule has 0 aromatic carbocycles. The van der Waals surface area contributed by atoms with Crippen molar-refractivity contribution in [2.45, 2.75) is 51.6 Å². The molecule has 130 valence electrons. The van der Waals surface area contributed by atoms with Gasteiger partial charge in [-0.25, -0.2) is 0 Å². The van der Waals surface area contributed by atoms with Crippen LogP contribution in [0.3, 0.4) is 0 Å². The first-order valence-corrected chi connectivity index (χ1v) is 7.87. The molecular weight excluding hydrogens is 317 g/mol. The van der Waals surface area contributed by atoms with Crippen molar-refractivity contribution in [3.63, 3.8) is 0 Å². The molecule has 2 rings (SSSR count). The van der Waals surface area contributed by atoms with Crippen LogP contribution in [0.1, 0.15) is 45.4 Å². The molecule has 0 radical (unpaired) electrons. The van der Waals surface area contributed by atoms with Gasteiger partial charge in [-0.15, -0.1) is 12.4 Å². The van der Waals surface area contributed by atoms with Gasteiger partial charge in [0.25, 0.3) is 0 Å². The number of rotatable bonds is 3. The minimum atomic E-state index is -4.26. The van der Waals surface area contributed by atoms with Crippen LogP contribution in [0.2, 0.25) is 0 Å². The lowest BCUT2D eigenvalue weighted by Gasteiger charge is -2.36. The summed E-state index contributed by atoms with van der Waals surface area (Å²) >= 11 is 0. The molecule has 1 amide bonds. The Labute approximate surface area is 136 Å². The lowest BCUT2D eigenvalue weighted by atomic mass is 9.77. The Balaban J connectivity index is 0.00000242. The van der Waals surface area contributed by atoms with Gasteiger partial charge in [0.05, 0.1) is 5.92 Å². The SMILES string of the molecule is CC1(CNC(=O)C2CCCCC2C(F)(F)F)CCNCC1.Cl. The first-order chi connectivity index (χ1) is 9.82. The van der Waals surface area contributed by atoms with E-state index in [0.29, 0.717) is 25.8 Å². The lowest BCUT2D eigenvalue weighted by molar-refractivity contribution is -0.198. The number of alkyl halides is 3. The molecular formula is C15H26ClF3N2O. The molecule has 1 aliphatic carbocycles. The summed E-state index contributed by atoms with van der Waals surface area (Å²) in [5.41, 5.74) is 0.00328. The van der Waals surface area contributed by atoms with Crippen LogP contribution < -0.4 is 10.6 Å². The largest absolute Gasteiger partial charge is 0.392 e. The second kappa shape index (κ2) is 7.86. The van der Waals surface area contributed by atoms with Gasteiger partial charge in [0.1, 0.15) is 0 Å². The smallest absolute Gasteiger partial charge is 0.355 e. The van der Waals surface area contributed by atoms with Gasteiger partial charge >= 0.3 is 6.18 Å². The van der Waals surface area contributed by atoms with E-state index in [4.69, 9.17) is 0 Å². The van der Waals surface area contributed by atoms with Crippen molar-refractivity contribution in [2.75, 3.05) is 19.6 Å². The quantitative estimate of drug-likeness (QED) is 0.826. The second-order valence-electron chi connectivity index (χ2n) is 6.82. The van der Waals surface area contributed by atoms with Crippen molar-refractivity contribution in [3.05, 3.63) is 0 Å². The third kappa shape index (κ3) is 5.01. The molecule has 2 aliphatic rings. The van der Waals surface area contributed by atoms with Gasteiger partial charge in [-0.05, 0) is 44.2 Å². The van der Waals surface area contributed by atoms with Crippen LogP contribution in [0.5, 0.6) is 0 Å². The minimum absolute atomic E-state index is 0. The normalized spacial score (nSPS) is 28.5. The van der Waals surface area contributed by atoms with Crippen molar-refractivity contribution in [3.8, 4) is 0 Å². The molecule has 7 heteroatoms. The van der Waals surface area contributed by atoms with E-state index < -0.39 is 23.9 Å². The van der Waals surface area contributed by atoms with E-state index in [-0.39, 0.29) is 24.2 Å². The van der Waals surface area contributed by atoms with Crippen molar-refractivity contribution < 1.29 is 18.0 Å². The van der Waals surface area contributed by atoms with Gasteiger partial charge in [-0.1, -0.05) is 19.8 Å². The zero-order valence-electron chi connectivity index (χ0n) is 13.0. The van der Waals surface area contributed by atoms with E-state index in [1.54, 1.807) is 0 Å². The van der Waals surface area contributed by atoms with E-state index in [2.05, 4.69) is 17.6 Å². The molecule has 1 saturated carbocycles. The number of piperidine rings is 1. The number of nitrogens with one attached hydrogen (secondary N) is 2. The highest BCUT2D eigenvalue weighted by molar-refractivity contribution is 5.85. The topological polar surface area (TPSA) is 41.1 Å². The van der Waals surface area contributed by atoms with Gasteiger partial charge in [-0.3, -0.25) is 4.79 Å². The summed E-state index contributed by atoms with van der Waals surface area (Å²) < 4.78 is 39.1. The molecule has 1 heterocycles. The van der Waals surface area contributed by atoms with Crippen LogP contribution in [0, 0.1) is 17.3 Å². The maximum Gasteiger partial charge on any atom is 0.392 e. The van der Waals surface area contributed by atoms with E-state index in [9.17, 15) is 18.0 Å². The van der Waals surface area contributed by atoms with Crippen LogP contribution in [0.15, 0.2) is 0 Å². The summed E-state index contributed by atoms with van der Waals surface area (Å²) in [5, 5.41) is 6.05.